The van der Waals surface area contributed by atoms with Crippen molar-refractivity contribution in [3.05, 3.63) is 58.7 Å². The molecule has 1 saturated heterocycles. The largest absolute Gasteiger partial charge is 0.454 e. The minimum absolute atomic E-state index is 0.0133. The smallest absolute Gasteiger partial charge is 0.270 e. The highest BCUT2D eigenvalue weighted by atomic mass is 35.5. The lowest BCUT2D eigenvalue weighted by atomic mass is 9.84. The van der Waals surface area contributed by atoms with E-state index in [1.54, 1.807) is 6.07 Å². The molecule has 3 aromatic rings. The van der Waals surface area contributed by atoms with Crippen LogP contribution in [0.5, 0.6) is 11.5 Å². The fourth-order valence-electron chi connectivity index (χ4n) is 4.61. The van der Waals surface area contributed by atoms with E-state index >= 15 is 0 Å². The van der Waals surface area contributed by atoms with Crippen LogP contribution in [-0.4, -0.2) is 41.6 Å². The summed E-state index contributed by atoms with van der Waals surface area (Å²) in [7, 11) is 0. The Hall–Kier alpha value is -3.19. The molecule has 1 aromatic heterocycles. The summed E-state index contributed by atoms with van der Waals surface area (Å²) in [5.41, 5.74) is 2.44. The number of piperidine rings is 1. The lowest BCUT2D eigenvalue weighted by Crippen LogP contribution is -2.42. The van der Waals surface area contributed by atoms with Crippen molar-refractivity contribution in [2.45, 2.75) is 26.3 Å². The maximum Gasteiger partial charge on any atom is 0.270 e. The van der Waals surface area contributed by atoms with Crippen LogP contribution in [0.2, 0.25) is 5.02 Å². The molecule has 2 aliphatic heterocycles. The normalized spacial score (nSPS) is 16.7. The van der Waals surface area contributed by atoms with Crippen molar-refractivity contribution >= 4 is 34.3 Å². The number of H-pyrrole nitrogens is 1. The number of carbonyl (C=O) groups excluding carboxylic acids is 2. The van der Waals surface area contributed by atoms with E-state index in [9.17, 15) is 9.59 Å². The van der Waals surface area contributed by atoms with E-state index in [2.05, 4.69) is 10.3 Å². The zero-order chi connectivity index (χ0) is 22.9. The van der Waals surface area contributed by atoms with Gasteiger partial charge in [0.1, 0.15) is 5.69 Å². The molecule has 0 aliphatic carbocycles. The third-order valence-electron chi connectivity index (χ3n) is 6.66. The van der Waals surface area contributed by atoms with Gasteiger partial charge in [-0.2, -0.15) is 0 Å². The predicted molar refractivity (Wildman–Crippen MR) is 126 cm³/mol. The summed E-state index contributed by atoms with van der Waals surface area (Å²) in [6, 6.07) is 13.1. The molecule has 2 aromatic carbocycles. The van der Waals surface area contributed by atoms with Gasteiger partial charge < -0.3 is 24.7 Å². The summed E-state index contributed by atoms with van der Waals surface area (Å²) in [5, 5.41) is 4.60. The van der Waals surface area contributed by atoms with Crippen LogP contribution >= 0.6 is 11.6 Å². The number of likely N-dealkylation sites (tertiary alicyclic amines) is 1. The average Bonchev–Trinajstić information content (AvgIpc) is 3.47. The van der Waals surface area contributed by atoms with E-state index in [1.807, 2.05) is 48.2 Å². The monoisotopic (exact) mass is 467 g/mol. The van der Waals surface area contributed by atoms with Crippen LogP contribution in [0.3, 0.4) is 0 Å². The molecule has 3 heterocycles. The number of aromatic nitrogens is 1. The molecule has 1 unspecified atom stereocenters. The Morgan fingerprint density at radius 2 is 1.91 bits per heavy atom. The van der Waals surface area contributed by atoms with E-state index in [-0.39, 0.29) is 30.4 Å². The maximum atomic E-state index is 13.0. The van der Waals surface area contributed by atoms with Gasteiger partial charge in [0.15, 0.2) is 11.5 Å². The van der Waals surface area contributed by atoms with Crippen molar-refractivity contribution in [3.8, 4) is 11.5 Å². The summed E-state index contributed by atoms with van der Waals surface area (Å²) >= 11 is 6.05. The third kappa shape index (κ3) is 4.50. The van der Waals surface area contributed by atoms with Gasteiger partial charge in [-0.1, -0.05) is 24.6 Å². The van der Waals surface area contributed by atoms with E-state index in [0.717, 1.165) is 35.1 Å². The van der Waals surface area contributed by atoms with E-state index < -0.39 is 0 Å². The van der Waals surface area contributed by atoms with E-state index in [1.165, 1.54) is 0 Å². The van der Waals surface area contributed by atoms with Crippen molar-refractivity contribution in [1.82, 2.24) is 15.2 Å². The van der Waals surface area contributed by atoms with E-state index in [4.69, 9.17) is 21.1 Å². The molecule has 2 N–H and O–H groups in total. The van der Waals surface area contributed by atoms with E-state index in [0.29, 0.717) is 36.1 Å². The minimum Gasteiger partial charge on any atom is -0.454 e. The summed E-state index contributed by atoms with van der Waals surface area (Å²) < 4.78 is 10.7. The lowest BCUT2D eigenvalue weighted by Gasteiger charge is -2.34. The number of halogens is 1. The molecular formula is C25H26ClN3O4. The second-order valence-corrected chi connectivity index (χ2v) is 9.17. The first-order valence-corrected chi connectivity index (χ1v) is 11.6. The van der Waals surface area contributed by atoms with Crippen LogP contribution in [0.4, 0.5) is 0 Å². The molecule has 5 rings (SSSR count). The van der Waals surface area contributed by atoms with Crippen LogP contribution in [0.15, 0.2) is 42.5 Å². The molecule has 0 saturated carbocycles. The fourth-order valence-corrected chi connectivity index (χ4v) is 4.79. The van der Waals surface area contributed by atoms with Crippen molar-refractivity contribution in [3.63, 3.8) is 0 Å². The Morgan fingerprint density at radius 3 is 2.73 bits per heavy atom. The molecule has 8 heteroatoms. The van der Waals surface area contributed by atoms with Gasteiger partial charge >= 0.3 is 0 Å². The number of aromatic amines is 1. The number of hydrogen-bond acceptors (Lipinski definition) is 4. The zero-order valence-electron chi connectivity index (χ0n) is 18.4. The van der Waals surface area contributed by atoms with Crippen molar-refractivity contribution in [2.24, 2.45) is 11.8 Å². The Labute approximate surface area is 197 Å². The van der Waals surface area contributed by atoms with Crippen molar-refractivity contribution in [2.75, 3.05) is 19.9 Å². The fraction of sp³-hybridized carbons (Fsp3) is 0.360. The summed E-state index contributed by atoms with van der Waals surface area (Å²) in [5.74, 6) is 1.59. The number of fused-ring (bicyclic) bond motifs is 2. The highest BCUT2D eigenvalue weighted by Crippen LogP contribution is 2.32. The number of carbonyl (C=O) groups is 2. The first-order valence-electron chi connectivity index (χ1n) is 11.2. The van der Waals surface area contributed by atoms with Crippen LogP contribution in [0.25, 0.3) is 10.9 Å². The van der Waals surface area contributed by atoms with Crippen molar-refractivity contribution < 1.29 is 19.1 Å². The van der Waals surface area contributed by atoms with Gasteiger partial charge in [0.25, 0.3) is 5.91 Å². The molecule has 2 amide bonds. The SMILES string of the molecule is CC(C(=O)NCc1ccc2c(c1)OCO2)C1CCN(C(=O)c2cc3cc(Cl)ccc3[nH]2)CC1. The van der Waals surface area contributed by atoms with Crippen LogP contribution in [0, 0.1) is 11.8 Å². The van der Waals surface area contributed by atoms with Crippen LogP contribution in [-0.2, 0) is 11.3 Å². The first-order chi connectivity index (χ1) is 16.0. The predicted octanol–water partition coefficient (Wildman–Crippen LogP) is 4.35. The lowest BCUT2D eigenvalue weighted by molar-refractivity contribution is -0.126. The number of rotatable bonds is 5. The molecule has 33 heavy (non-hydrogen) atoms. The maximum absolute atomic E-state index is 13.0. The van der Waals surface area contributed by atoms with Gasteiger partial charge in [-0.15, -0.1) is 0 Å². The first kappa shape index (κ1) is 21.6. The molecule has 1 atom stereocenters. The number of amides is 2. The van der Waals surface area contributed by atoms with Gasteiger partial charge in [0, 0.05) is 41.5 Å². The third-order valence-corrected chi connectivity index (χ3v) is 6.90. The minimum atomic E-state index is -0.119. The highest BCUT2D eigenvalue weighted by Gasteiger charge is 2.30. The molecule has 1 fully saturated rings. The number of nitrogens with one attached hydrogen (secondary N) is 2. The molecule has 7 nitrogen and oxygen atoms in total. The van der Waals surface area contributed by atoms with Crippen molar-refractivity contribution in [1.29, 1.82) is 0 Å². The number of ether oxygens (including phenoxy) is 2. The van der Waals surface area contributed by atoms with Gasteiger partial charge in [-0.05, 0) is 60.7 Å². The Kier molecular flexibility index (Phi) is 5.89. The molecular weight excluding hydrogens is 442 g/mol. The van der Waals surface area contributed by atoms with Crippen LogP contribution < -0.4 is 14.8 Å². The second kappa shape index (κ2) is 8.98. The molecule has 0 bridgehead atoms. The topological polar surface area (TPSA) is 83.7 Å². The standard InChI is InChI=1S/C25H26ClN3O4/c1-15(24(30)27-13-16-2-5-22-23(10-16)33-14-32-22)17-6-8-29(9-7-17)25(31)21-12-18-11-19(26)3-4-20(18)28-21/h2-5,10-12,15,17,28H,6-9,13-14H2,1H3,(H,27,30). The van der Waals surface area contributed by atoms with Gasteiger partial charge in [-0.25, -0.2) is 0 Å². The Bertz CT molecular complexity index is 1200. The number of hydrogen-bond donors (Lipinski definition) is 2. The van der Waals surface area contributed by atoms with Crippen LogP contribution in [0.1, 0.15) is 35.8 Å². The van der Waals surface area contributed by atoms with Gasteiger partial charge in [0.2, 0.25) is 12.7 Å². The number of nitrogens with zero attached hydrogens (tertiary/aromatic N) is 1. The van der Waals surface area contributed by atoms with Gasteiger partial charge in [0.05, 0.1) is 0 Å². The Morgan fingerprint density at radius 1 is 1.12 bits per heavy atom. The number of benzene rings is 2. The highest BCUT2D eigenvalue weighted by molar-refractivity contribution is 6.31. The molecule has 0 radical (unpaired) electrons. The Balaban J connectivity index is 1.13. The molecule has 172 valence electrons. The van der Waals surface area contributed by atoms with Gasteiger partial charge in [-0.3, -0.25) is 9.59 Å². The summed E-state index contributed by atoms with van der Waals surface area (Å²) in [6.45, 7) is 3.93. The quantitative estimate of drug-likeness (QED) is 0.584. The summed E-state index contributed by atoms with van der Waals surface area (Å²) in [6.07, 6.45) is 1.60. The zero-order valence-corrected chi connectivity index (χ0v) is 19.2. The average molecular weight is 468 g/mol. The molecule has 0 spiro atoms. The second-order valence-electron chi connectivity index (χ2n) is 8.74. The molecule has 2 aliphatic rings. The summed E-state index contributed by atoms with van der Waals surface area (Å²) in [4.78, 5) is 30.8.